The average molecular weight is 207 g/mol. The fraction of sp³-hybridized carbons (Fsp3) is 0.100. The van der Waals surface area contributed by atoms with E-state index in [2.05, 4.69) is 10.2 Å². The van der Waals surface area contributed by atoms with Crippen LogP contribution in [0.3, 0.4) is 0 Å². The van der Waals surface area contributed by atoms with E-state index < -0.39 is 0 Å². The van der Waals surface area contributed by atoms with Crippen LogP contribution in [0.2, 0.25) is 0 Å². The number of nitrogens with one attached hydrogen (secondary N) is 1. The van der Waals surface area contributed by atoms with Crippen LogP contribution in [0.5, 0.6) is 5.75 Å². The summed E-state index contributed by atoms with van der Waals surface area (Å²) in [5, 5.41) is 6.53. The van der Waals surface area contributed by atoms with E-state index in [0.717, 1.165) is 0 Å². The molecule has 15 heavy (non-hydrogen) atoms. The van der Waals surface area contributed by atoms with Crippen molar-refractivity contribution >= 4 is 5.82 Å². The maximum Gasteiger partial charge on any atom is 0.128 e. The smallest absolute Gasteiger partial charge is 0.128 e. The summed E-state index contributed by atoms with van der Waals surface area (Å²) < 4.78 is 18.2. The number of nitrogens with zero attached hydrogens (tertiary/aromatic N) is 1. The normalized spacial score (nSPS) is 10.3. The van der Waals surface area contributed by atoms with E-state index >= 15 is 0 Å². The Morgan fingerprint density at radius 1 is 1.40 bits per heavy atom. The van der Waals surface area contributed by atoms with E-state index in [1.165, 1.54) is 19.2 Å². The van der Waals surface area contributed by atoms with Crippen molar-refractivity contribution in [2.24, 2.45) is 0 Å². The molecule has 2 rings (SSSR count). The van der Waals surface area contributed by atoms with Gasteiger partial charge >= 0.3 is 0 Å². The summed E-state index contributed by atoms with van der Waals surface area (Å²) in [5.41, 5.74) is 6.63. The molecule has 0 spiro atoms. The molecule has 3 N–H and O–H groups in total. The van der Waals surface area contributed by atoms with Crippen LogP contribution in [-0.4, -0.2) is 17.3 Å². The molecule has 0 saturated heterocycles. The number of halogens is 1. The molecular weight excluding hydrogens is 197 g/mol. The number of hydrogen-bond acceptors (Lipinski definition) is 3. The van der Waals surface area contributed by atoms with Crippen LogP contribution >= 0.6 is 0 Å². The maximum absolute atomic E-state index is 13.1. The first-order valence-electron chi connectivity index (χ1n) is 4.35. The molecule has 0 atom stereocenters. The van der Waals surface area contributed by atoms with E-state index in [-0.39, 0.29) is 5.82 Å². The highest BCUT2D eigenvalue weighted by molar-refractivity contribution is 5.68. The Bertz CT molecular complexity index is 481. The van der Waals surface area contributed by atoms with E-state index in [9.17, 15) is 4.39 Å². The first-order chi connectivity index (χ1) is 7.20. The molecule has 1 aromatic heterocycles. The molecule has 1 aromatic carbocycles. The van der Waals surface area contributed by atoms with Gasteiger partial charge in [-0.3, -0.25) is 5.10 Å². The largest absolute Gasteiger partial charge is 0.496 e. The van der Waals surface area contributed by atoms with Gasteiger partial charge in [-0.25, -0.2) is 4.39 Å². The van der Waals surface area contributed by atoms with Gasteiger partial charge in [0.25, 0.3) is 0 Å². The topological polar surface area (TPSA) is 63.9 Å². The number of aromatic nitrogens is 2. The molecule has 0 fully saturated rings. The zero-order valence-electron chi connectivity index (χ0n) is 8.12. The van der Waals surface area contributed by atoms with Crippen molar-refractivity contribution in [3.05, 3.63) is 30.1 Å². The molecule has 0 radical (unpaired) electrons. The number of benzene rings is 1. The molecule has 0 bridgehead atoms. The fourth-order valence-corrected chi connectivity index (χ4v) is 1.35. The molecule has 5 heteroatoms. The molecule has 0 aliphatic rings. The van der Waals surface area contributed by atoms with Crippen molar-refractivity contribution in [2.45, 2.75) is 0 Å². The molecule has 4 nitrogen and oxygen atoms in total. The minimum absolute atomic E-state index is 0.340. The molecule has 0 aliphatic heterocycles. The third-order valence-corrected chi connectivity index (χ3v) is 2.04. The first-order valence-corrected chi connectivity index (χ1v) is 4.35. The molecular formula is C10H10FN3O. The van der Waals surface area contributed by atoms with Crippen molar-refractivity contribution in [2.75, 3.05) is 12.8 Å². The molecule has 0 saturated carbocycles. The highest BCUT2D eigenvalue weighted by Crippen LogP contribution is 2.29. The highest BCUT2D eigenvalue weighted by Gasteiger charge is 2.09. The summed E-state index contributed by atoms with van der Waals surface area (Å²) in [6, 6.07) is 5.86. The highest BCUT2D eigenvalue weighted by atomic mass is 19.1. The number of H-pyrrole nitrogens is 1. The SMILES string of the molecule is COc1ccc(F)cc1-c1cc(N)[nH]n1. The molecule has 2 aromatic rings. The summed E-state index contributed by atoms with van der Waals surface area (Å²) in [4.78, 5) is 0. The monoisotopic (exact) mass is 207 g/mol. The first kappa shape index (κ1) is 9.51. The number of nitrogen functional groups attached to an aromatic ring is 1. The van der Waals surface area contributed by atoms with Crippen molar-refractivity contribution in [1.82, 2.24) is 10.2 Å². The molecule has 0 aliphatic carbocycles. The Labute approximate surface area is 85.9 Å². The van der Waals surface area contributed by atoms with E-state index in [0.29, 0.717) is 22.8 Å². The number of anilines is 1. The van der Waals surface area contributed by atoms with Crippen LogP contribution in [0.1, 0.15) is 0 Å². The third-order valence-electron chi connectivity index (χ3n) is 2.04. The van der Waals surface area contributed by atoms with Gasteiger partial charge in [-0.2, -0.15) is 5.10 Å². The lowest BCUT2D eigenvalue weighted by Gasteiger charge is -2.05. The van der Waals surface area contributed by atoms with Gasteiger partial charge in [0.2, 0.25) is 0 Å². The van der Waals surface area contributed by atoms with Crippen LogP contribution in [0, 0.1) is 5.82 Å². The maximum atomic E-state index is 13.1. The number of rotatable bonds is 2. The van der Waals surface area contributed by atoms with Gasteiger partial charge < -0.3 is 10.5 Å². The standard InChI is InChI=1S/C10H10FN3O/c1-15-9-3-2-6(11)4-7(9)8-5-10(12)14-13-8/h2-5H,1H3,(H3,12,13,14). The molecule has 0 amide bonds. The van der Waals surface area contributed by atoms with Crippen LogP contribution in [0.25, 0.3) is 11.3 Å². The van der Waals surface area contributed by atoms with E-state index in [4.69, 9.17) is 10.5 Å². The molecule has 0 unspecified atom stereocenters. The summed E-state index contributed by atoms with van der Waals surface area (Å²) >= 11 is 0. The predicted octanol–water partition coefficient (Wildman–Crippen LogP) is 1.81. The summed E-state index contributed by atoms with van der Waals surface area (Å²) in [7, 11) is 1.52. The van der Waals surface area contributed by atoms with E-state index in [1.54, 1.807) is 12.1 Å². The van der Waals surface area contributed by atoms with Crippen LogP contribution in [-0.2, 0) is 0 Å². The van der Waals surface area contributed by atoms with Gasteiger partial charge in [-0.15, -0.1) is 0 Å². The van der Waals surface area contributed by atoms with Crippen molar-refractivity contribution in [1.29, 1.82) is 0 Å². The third kappa shape index (κ3) is 1.76. The van der Waals surface area contributed by atoms with Crippen LogP contribution in [0.15, 0.2) is 24.3 Å². The van der Waals surface area contributed by atoms with Crippen LogP contribution < -0.4 is 10.5 Å². The Morgan fingerprint density at radius 2 is 2.20 bits per heavy atom. The van der Waals surface area contributed by atoms with Crippen molar-refractivity contribution in [3.8, 4) is 17.0 Å². The van der Waals surface area contributed by atoms with Gasteiger partial charge in [0.1, 0.15) is 17.4 Å². The number of nitrogens with two attached hydrogens (primary N) is 1. The molecule has 78 valence electrons. The quantitative estimate of drug-likeness (QED) is 0.789. The van der Waals surface area contributed by atoms with Crippen molar-refractivity contribution in [3.63, 3.8) is 0 Å². The summed E-state index contributed by atoms with van der Waals surface area (Å²) in [6.45, 7) is 0. The second-order valence-electron chi connectivity index (χ2n) is 3.05. The Kier molecular flexibility index (Phi) is 2.29. The average Bonchev–Trinajstić information content (AvgIpc) is 2.65. The number of methoxy groups -OCH3 is 1. The Hall–Kier alpha value is -2.04. The minimum Gasteiger partial charge on any atom is -0.496 e. The zero-order valence-corrected chi connectivity index (χ0v) is 8.12. The lowest BCUT2D eigenvalue weighted by molar-refractivity contribution is 0.415. The van der Waals surface area contributed by atoms with Crippen LogP contribution in [0.4, 0.5) is 10.2 Å². The number of aromatic amines is 1. The Morgan fingerprint density at radius 3 is 2.80 bits per heavy atom. The summed E-state index contributed by atoms with van der Waals surface area (Å²) in [6.07, 6.45) is 0. The van der Waals surface area contributed by atoms with Gasteiger partial charge in [-0.1, -0.05) is 0 Å². The second-order valence-corrected chi connectivity index (χ2v) is 3.05. The molecule has 1 heterocycles. The lowest BCUT2D eigenvalue weighted by Crippen LogP contribution is -1.89. The second kappa shape index (κ2) is 3.61. The summed E-state index contributed by atoms with van der Waals surface area (Å²) in [5.74, 6) is 0.645. The fourth-order valence-electron chi connectivity index (χ4n) is 1.35. The number of hydrogen-bond donors (Lipinski definition) is 2. The zero-order chi connectivity index (χ0) is 10.8. The number of ether oxygens (including phenoxy) is 1. The van der Waals surface area contributed by atoms with Gasteiger partial charge in [0, 0.05) is 11.6 Å². The predicted molar refractivity (Wildman–Crippen MR) is 54.9 cm³/mol. The Balaban J connectivity index is 2.55. The van der Waals surface area contributed by atoms with Gasteiger partial charge in [0.05, 0.1) is 12.8 Å². The van der Waals surface area contributed by atoms with E-state index in [1.807, 2.05) is 0 Å². The minimum atomic E-state index is -0.340. The lowest BCUT2D eigenvalue weighted by atomic mass is 10.1. The van der Waals surface area contributed by atoms with Crippen molar-refractivity contribution < 1.29 is 9.13 Å². The van der Waals surface area contributed by atoms with Gasteiger partial charge in [0.15, 0.2) is 0 Å². The van der Waals surface area contributed by atoms with Gasteiger partial charge in [-0.05, 0) is 18.2 Å².